The van der Waals surface area contributed by atoms with Crippen LogP contribution in [0.1, 0.15) is 12.7 Å². The molecule has 100 valence electrons. The van der Waals surface area contributed by atoms with Crippen LogP contribution in [0.15, 0.2) is 28.7 Å². The lowest BCUT2D eigenvalue weighted by Crippen LogP contribution is -2.11. The van der Waals surface area contributed by atoms with Crippen LogP contribution in [0.4, 0.5) is 17.3 Å². The molecule has 0 radical (unpaired) electrons. The number of aryl methyl sites for hydroxylation is 1. The zero-order valence-corrected chi connectivity index (χ0v) is 12.6. The molecule has 19 heavy (non-hydrogen) atoms. The average Bonchev–Trinajstić information content (AvgIpc) is 2.41. The van der Waals surface area contributed by atoms with Crippen molar-refractivity contribution in [2.24, 2.45) is 5.84 Å². The molecule has 0 aliphatic rings. The maximum Gasteiger partial charge on any atom is 0.145 e. The molecule has 0 aliphatic carbocycles. The van der Waals surface area contributed by atoms with Crippen molar-refractivity contribution in [2.45, 2.75) is 13.3 Å². The summed E-state index contributed by atoms with van der Waals surface area (Å²) in [6.45, 7) is 1.98. The largest absolute Gasteiger partial charge is 0.339 e. The highest BCUT2D eigenvalue weighted by molar-refractivity contribution is 9.10. The number of hydrazine groups is 1. The SMILES string of the molecule is CCc1nc(NN)cc(Nc2ccc(Cl)cc2Br)n1. The molecule has 0 saturated heterocycles. The topological polar surface area (TPSA) is 75.9 Å². The maximum absolute atomic E-state index is 5.91. The van der Waals surface area contributed by atoms with Crippen LogP contribution < -0.4 is 16.6 Å². The Bertz CT molecular complexity index is 568. The Morgan fingerprint density at radius 1 is 1.26 bits per heavy atom. The van der Waals surface area contributed by atoms with E-state index in [9.17, 15) is 0 Å². The van der Waals surface area contributed by atoms with Crippen LogP contribution in [0.25, 0.3) is 0 Å². The number of rotatable bonds is 4. The summed E-state index contributed by atoms with van der Waals surface area (Å²) in [6, 6.07) is 7.22. The van der Waals surface area contributed by atoms with Crippen LogP contribution in [0.2, 0.25) is 5.02 Å². The molecule has 5 nitrogen and oxygen atoms in total. The van der Waals surface area contributed by atoms with Crippen molar-refractivity contribution < 1.29 is 0 Å². The summed E-state index contributed by atoms with van der Waals surface area (Å²) >= 11 is 9.35. The van der Waals surface area contributed by atoms with E-state index < -0.39 is 0 Å². The van der Waals surface area contributed by atoms with Gasteiger partial charge in [0.15, 0.2) is 0 Å². The van der Waals surface area contributed by atoms with Gasteiger partial charge < -0.3 is 10.7 Å². The number of anilines is 3. The Morgan fingerprint density at radius 2 is 2.00 bits per heavy atom. The van der Waals surface area contributed by atoms with E-state index in [1.165, 1.54) is 0 Å². The van der Waals surface area contributed by atoms with Crippen molar-refractivity contribution >= 4 is 44.9 Å². The van der Waals surface area contributed by atoms with Gasteiger partial charge in [-0.1, -0.05) is 18.5 Å². The first kappa shape index (κ1) is 14.0. The van der Waals surface area contributed by atoms with Crippen LogP contribution >= 0.6 is 27.5 Å². The number of nitrogens with one attached hydrogen (secondary N) is 2. The predicted octanol–water partition coefficient (Wildman–Crippen LogP) is 3.48. The van der Waals surface area contributed by atoms with Crippen molar-refractivity contribution in [1.82, 2.24) is 9.97 Å². The fourth-order valence-electron chi connectivity index (χ4n) is 1.52. The molecule has 4 N–H and O–H groups in total. The van der Waals surface area contributed by atoms with Gasteiger partial charge in [-0.05, 0) is 34.1 Å². The zero-order chi connectivity index (χ0) is 13.8. The van der Waals surface area contributed by atoms with E-state index in [-0.39, 0.29) is 0 Å². The summed E-state index contributed by atoms with van der Waals surface area (Å²) in [5, 5.41) is 3.86. The van der Waals surface area contributed by atoms with Gasteiger partial charge in [0.2, 0.25) is 0 Å². The number of hydrogen-bond acceptors (Lipinski definition) is 5. The number of nitrogens with zero attached hydrogens (tertiary/aromatic N) is 2. The molecule has 0 fully saturated rings. The minimum absolute atomic E-state index is 0.569. The van der Waals surface area contributed by atoms with E-state index in [0.717, 1.165) is 16.6 Å². The van der Waals surface area contributed by atoms with Crippen LogP contribution in [0.5, 0.6) is 0 Å². The summed E-state index contributed by atoms with van der Waals surface area (Å²) in [6.07, 6.45) is 0.728. The predicted molar refractivity (Wildman–Crippen MR) is 81.7 cm³/mol. The van der Waals surface area contributed by atoms with E-state index in [0.29, 0.717) is 22.5 Å². The summed E-state index contributed by atoms with van der Waals surface area (Å²) in [5.41, 5.74) is 3.40. The highest BCUT2D eigenvalue weighted by atomic mass is 79.9. The Labute approximate surface area is 124 Å². The van der Waals surface area contributed by atoms with Crippen molar-refractivity contribution in [1.29, 1.82) is 0 Å². The number of aromatic nitrogens is 2. The second-order valence-corrected chi connectivity index (χ2v) is 5.09. The van der Waals surface area contributed by atoms with Gasteiger partial charge in [0.1, 0.15) is 17.5 Å². The van der Waals surface area contributed by atoms with Crippen LogP contribution in [0.3, 0.4) is 0 Å². The van der Waals surface area contributed by atoms with Gasteiger partial charge in [-0.25, -0.2) is 15.8 Å². The molecule has 7 heteroatoms. The van der Waals surface area contributed by atoms with Gasteiger partial charge in [-0.3, -0.25) is 0 Å². The molecule has 0 bridgehead atoms. The molecule has 2 aromatic rings. The number of hydrogen-bond donors (Lipinski definition) is 3. The van der Waals surface area contributed by atoms with Gasteiger partial charge in [-0.2, -0.15) is 0 Å². The fraction of sp³-hybridized carbons (Fsp3) is 0.167. The van der Waals surface area contributed by atoms with E-state index in [4.69, 9.17) is 17.4 Å². The Hall–Kier alpha value is -1.37. The second kappa shape index (κ2) is 6.18. The number of halogens is 2. The van der Waals surface area contributed by atoms with E-state index in [1.54, 1.807) is 12.1 Å². The van der Waals surface area contributed by atoms with Crippen molar-refractivity contribution in [3.63, 3.8) is 0 Å². The molecule has 1 aromatic carbocycles. The number of benzene rings is 1. The smallest absolute Gasteiger partial charge is 0.145 e. The Morgan fingerprint density at radius 3 is 2.63 bits per heavy atom. The molecule has 0 atom stereocenters. The standard InChI is InChI=1S/C12H13BrClN5/c1-2-10-17-11(6-12(18-10)19-15)16-9-4-3-7(14)5-8(9)13/h3-6H,2,15H2,1H3,(H2,16,17,18,19). The molecule has 0 spiro atoms. The third kappa shape index (κ3) is 3.56. The van der Waals surface area contributed by atoms with Crippen molar-refractivity contribution in [3.8, 4) is 0 Å². The summed E-state index contributed by atoms with van der Waals surface area (Å²) in [4.78, 5) is 8.62. The monoisotopic (exact) mass is 341 g/mol. The summed E-state index contributed by atoms with van der Waals surface area (Å²) < 4.78 is 0.860. The third-order valence-electron chi connectivity index (χ3n) is 2.43. The van der Waals surface area contributed by atoms with Crippen LogP contribution in [-0.4, -0.2) is 9.97 Å². The molecule has 0 saturated carbocycles. The second-order valence-electron chi connectivity index (χ2n) is 3.80. The fourth-order valence-corrected chi connectivity index (χ4v) is 2.30. The van der Waals surface area contributed by atoms with E-state index >= 15 is 0 Å². The Balaban J connectivity index is 2.31. The molecule has 1 aromatic heterocycles. The first-order valence-electron chi connectivity index (χ1n) is 5.69. The Kier molecular flexibility index (Phi) is 4.57. The lowest BCUT2D eigenvalue weighted by atomic mass is 10.3. The average molecular weight is 343 g/mol. The lowest BCUT2D eigenvalue weighted by Gasteiger charge is -2.10. The highest BCUT2D eigenvalue weighted by Gasteiger charge is 2.05. The van der Waals surface area contributed by atoms with Crippen molar-refractivity contribution in [3.05, 3.63) is 39.6 Å². The van der Waals surface area contributed by atoms with Gasteiger partial charge in [0.25, 0.3) is 0 Å². The number of nitrogen functional groups attached to an aromatic ring is 1. The maximum atomic E-state index is 5.91. The molecular weight excluding hydrogens is 330 g/mol. The van der Waals surface area contributed by atoms with E-state index in [1.807, 2.05) is 19.1 Å². The summed E-state index contributed by atoms with van der Waals surface area (Å²) in [5.74, 6) is 7.34. The van der Waals surface area contributed by atoms with Gasteiger partial charge in [-0.15, -0.1) is 0 Å². The van der Waals surface area contributed by atoms with Crippen LogP contribution in [-0.2, 0) is 6.42 Å². The normalized spacial score (nSPS) is 10.3. The molecule has 1 heterocycles. The molecule has 0 aliphatic heterocycles. The zero-order valence-electron chi connectivity index (χ0n) is 10.2. The van der Waals surface area contributed by atoms with Gasteiger partial charge >= 0.3 is 0 Å². The van der Waals surface area contributed by atoms with Gasteiger partial charge in [0, 0.05) is 22.0 Å². The molecule has 0 amide bonds. The minimum atomic E-state index is 0.569. The summed E-state index contributed by atoms with van der Waals surface area (Å²) in [7, 11) is 0. The molecule has 2 rings (SSSR count). The minimum Gasteiger partial charge on any atom is -0.339 e. The van der Waals surface area contributed by atoms with Gasteiger partial charge in [0.05, 0.1) is 5.69 Å². The third-order valence-corrected chi connectivity index (χ3v) is 3.32. The first-order chi connectivity index (χ1) is 9.12. The van der Waals surface area contributed by atoms with Crippen LogP contribution in [0, 0.1) is 0 Å². The quantitative estimate of drug-likeness (QED) is 0.586. The first-order valence-corrected chi connectivity index (χ1v) is 6.86. The lowest BCUT2D eigenvalue weighted by molar-refractivity contribution is 0.941. The molecular formula is C12H13BrClN5. The molecule has 0 unspecified atom stereocenters. The highest BCUT2D eigenvalue weighted by Crippen LogP contribution is 2.28. The number of nitrogens with two attached hydrogens (primary N) is 1. The van der Waals surface area contributed by atoms with Crippen molar-refractivity contribution in [2.75, 3.05) is 10.7 Å². The van der Waals surface area contributed by atoms with E-state index in [2.05, 4.69) is 36.6 Å².